The second-order valence-corrected chi connectivity index (χ2v) is 11.8. The molecule has 4 N–H and O–H groups in total. The summed E-state index contributed by atoms with van der Waals surface area (Å²) in [5, 5.41) is 16.1. The topological polar surface area (TPSA) is 151 Å². The van der Waals surface area contributed by atoms with E-state index in [0.29, 0.717) is 6.42 Å². The molecule has 0 unspecified atom stereocenters. The molecule has 0 radical (unpaired) electrons. The first-order chi connectivity index (χ1) is 18.4. The summed E-state index contributed by atoms with van der Waals surface area (Å²) in [7, 11) is 0. The first-order valence-electron chi connectivity index (χ1n) is 14.4. The van der Waals surface area contributed by atoms with Crippen LogP contribution < -0.4 is 16.0 Å². The number of ether oxygens (including phenoxy) is 1. The van der Waals surface area contributed by atoms with Gasteiger partial charge in [-0.2, -0.15) is 0 Å². The van der Waals surface area contributed by atoms with Gasteiger partial charge in [-0.25, -0.2) is 9.59 Å². The lowest BCUT2D eigenvalue weighted by molar-refractivity contribution is -0.141. The summed E-state index contributed by atoms with van der Waals surface area (Å²) in [6.45, 7) is 6.42. The zero-order valence-electron chi connectivity index (χ0n) is 24.4. The molecule has 39 heavy (non-hydrogen) atoms. The Morgan fingerprint density at radius 3 is 1.72 bits per heavy atom. The van der Waals surface area contributed by atoms with Gasteiger partial charge in [0.15, 0.2) is 5.12 Å². The van der Waals surface area contributed by atoms with Crippen molar-refractivity contribution in [3.8, 4) is 0 Å². The van der Waals surface area contributed by atoms with Gasteiger partial charge in [-0.05, 0) is 27.2 Å². The standard InChI is InChI=1S/C28H51N3O7S/c1-5-6-7-8-9-10-11-12-13-14-15-16-17-18-25(34)39-21-22(26(35)36)31-24(33)20-29-23(32)19-30-27(37)38-28(2,3)4/h22H,5-21H2,1-4H3,(H,29,32)(H,30,37)(H,31,33)(H,35,36)/t22-/m0/s1. The highest BCUT2D eigenvalue weighted by Gasteiger charge is 2.22. The van der Waals surface area contributed by atoms with Gasteiger partial charge in [-0.15, -0.1) is 0 Å². The molecule has 10 nitrogen and oxygen atoms in total. The third-order valence-corrected chi connectivity index (χ3v) is 6.79. The number of unbranched alkanes of at least 4 members (excludes halogenated alkanes) is 12. The largest absolute Gasteiger partial charge is 0.480 e. The number of carboxylic acids is 1. The summed E-state index contributed by atoms with van der Waals surface area (Å²) in [5.74, 6) is -2.70. The molecule has 0 aliphatic heterocycles. The summed E-state index contributed by atoms with van der Waals surface area (Å²) >= 11 is 0.896. The first kappa shape index (κ1) is 36.7. The van der Waals surface area contributed by atoms with Crippen molar-refractivity contribution < 1.29 is 33.8 Å². The summed E-state index contributed by atoms with van der Waals surface area (Å²) in [6.07, 6.45) is 15.5. The van der Waals surface area contributed by atoms with E-state index >= 15 is 0 Å². The second-order valence-electron chi connectivity index (χ2n) is 10.8. The van der Waals surface area contributed by atoms with E-state index in [1.165, 1.54) is 64.2 Å². The van der Waals surface area contributed by atoms with Gasteiger partial charge in [0.2, 0.25) is 11.8 Å². The predicted molar refractivity (Wildman–Crippen MR) is 155 cm³/mol. The van der Waals surface area contributed by atoms with Crippen LogP contribution in [-0.2, 0) is 23.9 Å². The van der Waals surface area contributed by atoms with Crippen molar-refractivity contribution in [1.82, 2.24) is 16.0 Å². The fourth-order valence-corrected chi connectivity index (χ4v) is 4.53. The van der Waals surface area contributed by atoms with E-state index in [9.17, 15) is 29.1 Å². The number of thioether (sulfide) groups is 1. The number of alkyl carbamates (subject to hydrolysis) is 1. The molecule has 1 atom stereocenters. The number of carbonyl (C=O) groups excluding carboxylic acids is 4. The summed E-state index contributed by atoms with van der Waals surface area (Å²) < 4.78 is 5.00. The van der Waals surface area contributed by atoms with Gasteiger partial charge in [0, 0.05) is 12.2 Å². The van der Waals surface area contributed by atoms with Crippen LogP contribution in [0.15, 0.2) is 0 Å². The lowest BCUT2D eigenvalue weighted by Gasteiger charge is -2.19. The molecule has 0 rings (SSSR count). The molecule has 0 saturated heterocycles. The molecule has 11 heteroatoms. The van der Waals surface area contributed by atoms with E-state index in [4.69, 9.17) is 4.74 Å². The number of amides is 3. The van der Waals surface area contributed by atoms with Crippen LogP contribution in [0.25, 0.3) is 0 Å². The van der Waals surface area contributed by atoms with E-state index < -0.39 is 48.6 Å². The predicted octanol–water partition coefficient (Wildman–Crippen LogP) is 4.94. The highest BCUT2D eigenvalue weighted by molar-refractivity contribution is 8.13. The van der Waals surface area contributed by atoms with Gasteiger partial charge in [0.05, 0.1) is 6.54 Å². The maximum absolute atomic E-state index is 12.1. The maximum Gasteiger partial charge on any atom is 0.408 e. The third-order valence-electron chi connectivity index (χ3n) is 5.77. The van der Waals surface area contributed by atoms with Gasteiger partial charge < -0.3 is 25.8 Å². The highest BCUT2D eigenvalue weighted by atomic mass is 32.2. The van der Waals surface area contributed by atoms with E-state index in [-0.39, 0.29) is 10.9 Å². The molecule has 0 aliphatic rings. The minimum absolute atomic E-state index is 0.0908. The van der Waals surface area contributed by atoms with Gasteiger partial charge in [-0.3, -0.25) is 14.4 Å². The Kier molecular flexibility index (Phi) is 21.2. The van der Waals surface area contributed by atoms with E-state index in [1.807, 2.05) is 0 Å². The van der Waals surface area contributed by atoms with Crippen molar-refractivity contribution >= 4 is 40.8 Å². The Bertz CT molecular complexity index is 741. The number of rotatable bonds is 22. The molecule has 0 saturated carbocycles. The Morgan fingerprint density at radius 1 is 0.744 bits per heavy atom. The van der Waals surface area contributed by atoms with Crippen LogP contribution in [0.5, 0.6) is 0 Å². The van der Waals surface area contributed by atoms with Gasteiger partial charge >= 0.3 is 12.1 Å². The minimum Gasteiger partial charge on any atom is -0.480 e. The van der Waals surface area contributed by atoms with Crippen molar-refractivity contribution in [2.24, 2.45) is 0 Å². The second kappa shape index (κ2) is 22.5. The Morgan fingerprint density at radius 2 is 1.23 bits per heavy atom. The van der Waals surface area contributed by atoms with Gasteiger partial charge in [0.1, 0.15) is 18.2 Å². The molecule has 0 aliphatic carbocycles. The van der Waals surface area contributed by atoms with Crippen LogP contribution in [0.2, 0.25) is 0 Å². The zero-order valence-corrected chi connectivity index (χ0v) is 25.2. The van der Waals surface area contributed by atoms with Crippen molar-refractivity contribution in [3.05, 3.63) is 0 Å². The van der Waals surface area contributed by atoms with Crippen molar-refractivity contribution in [2.45, 2.75) is 129 Å². The molecule has 0 aromatic rings. The number of hydrogen-bond donors (Lipinski definition) is 4. The summed E-state index contributed by atoms with van der Waals surface area (Å²) in [5.41, 5.74) is -0.710. The number of aliphatic carboxylic acids is 1. The minimum atomic E-state index is -1.26. The van der Waals surface area contributed by atoms with E-state index in [2.05, 4.69) is 22.9 Å². The SMILES string of the molecule is CCCCCCCCCCCCCCCC(=O)SC[C@H](NC(=O)CNC(=O)CNC(=O)OC(C)(C)C)C(=O)O. The molecule has 226 valence electrons. The molecule has 0 fully saturated rings. The van der Waals surface area contributed by atoms with Gasteiger partial charge in [-0.1, -0.05) is 95.7 Å². The smallest absolute Gasteiger partial charge is 0.408 e. The van der Waals surface area contributed by atoms with Crippen LogP contribution >= 0.6 is 11.8 Å². The van der Waals surface area contributed by atoms with Crippen molar-refractivity contribution in [1.29, 1.82) is 0 Å². The number of hydrogen-bond acceptors (Lipinski definition) is 7. The molecular formula is C28H51N3O7S. The molecular weight excluding hydrogens is 522 g/mol. The lowest BCUT2D eigenvalue weighted by atomic mass is 10.0. The number of nitrogens with one attached hydrogen (secondary N) is 3. The fraction of sp³-hybridized carbons (Fsp3) is 0.821. The number of carboxylic acid groups (broad SMARTS) is 1. The molecule has 0 spiro atoms. The summed E-state index contributed by atoms with van der Waals surface area (Å²) in [6, 6.07) is -1.25. The van der Waals surface area contributed by atoms with Crippen molar-refractivity contribution in [2.75, 3.05) is 18.8 Å². The van der Waals surface area contributed by atoms with E-state index in [1.54, 1.807) is 20.8 Å². The normalized spacial score (nSPS) is 11.9. The van der Waals surface area contributed by atoms with Crippen LogP contribution in [0.4, 0.5) is 4.79 Å². The van der Waals surface area contributed by atoms with Crippen LogP contribution in [-0.4, -0.2) is 64.6 Å². The summed E-state index contributed by atoms with van der Waals surface area (Å²) in [4.78, 5) is 59.0. The number of carbonyl (C=O) groups is 5. The quantitative estimate of drug-likeness (QED) is 0.133. The lowest BCUT2D eigenvalue weighted by Crippen LogP contribution is -2.48. The van der Waals surface area contributed by atoms with E-state index in [0.717, 1.165) is 31.0 Å². The first-order valence-corrected chi connectivity index (χ1v) is 15.3. The molecule has 0 bridgehead atoms. The molecule has 3 amide bonds. The van der Waals surface area contributed by atoms with Crippen LogP contribution in [0, 0.1) is 0 Å². The monoisotopic (exact) mass is 573 g/mol. The fourth-order valence-electron chi connectivity index (χ4n) is 3.66. The zero-order chi connectivity index (χ0) is 29.5. The average molecular weight is 574 g/mol. The van der Waals surface area contributed by atoms with Gasteiger partial charge in [0.25, 0.3) is 0 Å². The van der Waals surface area contributed by atoms with Crippen molar-refractivity contribution in [3.63, 3.8) is 0 Å². The molecule has 0 heterocycles. The average Bonchev–Trinajstić information content (AvgIpc) is 2.85. The van der Waals surface area contributed by atoms with Crippen LogP contribution in [0.1, 0.15) is 118 Å². The molecule has 0 aromatic heterocycles. The van der Waals surface area contributed by atoms with Crippen LogP contribution in [0.3, 0.4) is 0 Å². The third kappa shape index (κ3) is 24.5. The maximum atomic E-state index is 12.1. The highest BCUT2D eigenvalue weighted by Crippen LogP contribution is 2.15. The Labute approximate surface area is 238 Å². The Balaban J connectivity index is 3.93. The molecule has 0 aromatic carbocycles. The Hall–Kier alpha value is -2.30.